The van der Waals surface area contributed by atoms with Crippen LogP contribution in [0.4, 0.5) is 0 Å². The normalized spacial score (nSPS) is 14.7. The Kier molecular flexibility index (Phi) is 67.5. The van der Waals surface area contributed by atoms with E-state index >= 15 is 0 Å². The molecule has 3 N–H and O–H groups in total. The smallest absolute Gasteiger partial charge is 0.462 e. The Morgan fingerprint density at radius 2 is 0.577 bits per heavy atom. The second kappa shape index (κ2) is 69.3. The molecule has 0 aromatic carbocycles. The van der Waals surface area contributed by atoms with E-state index in [2.05, 4.69) is 65.8 Å². The lowest BCUT2D eigenvalue weighted by Crippen LogP contribution is -2.30. The van der Waals surface area contributed by atoms with Crippen LogP contribution in [0.25, 0.3) is 0 Å². The number of aliphatic hydroxyl groups is 1. The Morgan fingerprint density at radius 3 is 0.876 bits per heavy atom. The van der Waals surface area contributed by atoms with E-state index in [4.69, 9.17) is 37.0 Å². The minimum atomic E-state index is -4.97. The van der Waals surface area contributed by atoms with Gasteiger partial charge in [-0.1, -0.05) is 329 Å². The highest BCUT2D eigenvalue weighted by molar-refractivity contribution is 7.47. The summed E-state index contributed by atoms with van der Waals surface area (Å²) >= 11 is 0. The predicted octanol–water partition coefficient (Wildman–Crippen LogP) is 22.7. The molecule has 0 aromatic heterocycles. The lowest BCUT2D eigenvalue weighted by atomic mass is 9.99. The number of rotatable bonds is 75. The largest absolute Gasteiger partial charge is 0.472 e. The molecule has 0 aliphatic rings. The van der Waals surface area contributed by atoms with Crippen molar-refractivity contribution < 1.29 is 80.2 Å². The highest BCUT2D eigenvalue weighted by Crippen LogP contribution is 2.45. The molecule has 97 heavy (non-hydrogen) atoms. The Morgan fingerprint density at radius 1 is 0.330 bits per heavy atom. The summed E-state index contributed by atoms with van der Waals surface area (Å²) in [6, 6.07) is 0. The molecule has 0 radical (unpaired) electrons. The first-order valence-corrected chi connectivity index (χ1v) is 42.9. The third-order valence-electron chi connectivity index (χ3n) is 18.3. The van der Waals surface area contributed by atoms with Gasteiger partial charge in [0.25, 0.3) is 0 Å². The first-order chi connectivity index (χ1) is 46.9. The minimum absolute atomic E-state index is 0.102. The molecule has 0 saturated heterocycles. The SMILES string of the molecule is CCCCCC/C=C\C=C/CCCCCCCC(=O)OC[C@H](COP(=O)(O)OC[C@@H](O)COP(=O)(O)OC[C@@H](COC(=O)CCCCCCCCC(C)CC)OC(=O)CCCCCCCCCCC(C)CC)OC(=O)CCCCCCCCCCCCCCCCCCCCCC. The summed E-state index contributed by atoms with van der Waals surface area (Å²) in [5, 5.41) is 10.6. The van der Waals surface area contributed by atoms with Crippen LogP contribution in [0.3, 0.4) is 0 Å². The fourth-order valence-corrected chi connectivity index (χ4v) is 13.0. The summed E-state index contributed by atoms with van der Waals surface area (Å²) in [5.41, 5.74) is 0. The molecule has 0 aliphatic carbocycles. The zero-order chi connectivity index (χ0) is 71.4. The number of allylic oxidation sites excluding steroid dienone is 4. The number of carbonyl (C=O) groups excluding carboxylic acids is 4. The van der Waals surface area contributed by atoms with Crippen LogP contribution in [-0.2, 0) is 65.4 Å². The van der Waals surface area contributed by atoms with Gasteiger partial charge in [-0.2, -0.15) is 0 Å². The topological polar surface area (TPSA) is 237 Å². The Balaban J connectivity index is 5.26. The lowest BCUT2D eigenvalue weighted by Gasteiger charge is -2.21. The van der Waals surface area contributed by atoms with Gasteiger partial charge in [-0.05, 0) is 63.2 Å². The van der Waals surface area contributed by atoms with Gasteiger partial charge in [-0.25, -0.2) is 9.13 Å². The van der Waals surface area contributed by atoms with Crippen LogP contribution in [0.2, 0.25) is 0 Å². The van der Waals surface area contributed by atoms with Gasteiger partial charge >= 0.3 is 39.5 Å². The van der Waals surface area contributed by atoms with Crippen molar-refractivity contribution in [2.75, 3.05) is 39.6 Å². The van der Waals surface area contributed by atoms with E-state index in [1.54, 1.807) is 0 Å². The average Bonchev–Trinajstić information content (AvgIpc) is 1.94. The average molecular weight is 1420 g/mol. The van der Waals surface area contributed by atoms with Gasteiger partial charge in [0.2, 0.25) is 0 Å². The fraction of sp³-hybridized carbons (Fsp3) is 0.897. The van der Waals surface area contributed by atoms with E-state index in [-0.39, 0.29) is 25.7 Å². The van der Waals surface area contributed by atoms with E-state index < -0.39 is 97.5 Å². The number of carbonyl (C=O) groups is 4. The maximum atomic E-state index is 13.1. The molecule has 572 valence electrons. The van der Waals surface area contributed by atoms with Crippen molar-refractivity contribution in [1.82, 2.24) is 0 Å². The molecule has 17 nitrogen and oxygen atoms in total. The van der Waals surface area contributed by atoms with Crippen LogP contribution in [0.5, 0.6) is 0 Å². The van der Waals surface area contributed by atoms with Crippen LogP contribution in [0.15, 0.2) is 24.3 Å². The number of aliphatic hydroxyl groups excluding tert-OH is 1. The molecule has 0 fully saturated rings. The second-order valence-corrected chi connectivity index (χ2v) is 30.8. The van der Waals surface area contributed by atoms with E-state index in [9.17, 15) is 43.2 Å². The summed E-state index contributed by atoms with van der Waals surface area (Å²) in [5.74, 6) is -0.650. The molecule has 0 amide bonds. The van der Waals surface area contributed by atoms with E-state index in [0.717, 1.165) is 127 Å². The second-order valence-electron chi connectivity index (χ2n) is 27.9. The number of unbranched alkanes of at least 4 members (excludes halogenated alkanes) is 40. The van der Waals surface area contributed by atoms with Gasteiger partial charge in [-0.3, -0.25) is 37.3 Å². The van der Waals surface area contributed by atoms with Crippen molar-refractivity contribution in [2.45, 2.75) is 400 Å². The van der Waals surface area contributed by atoms with Crippen molar-refractivity contribution in [3.05, 3.63) is 24.3 Å². The quantitative estimate of drug-likeness (QED) is 0.0169. The van der Waals surface area contributed by atoms with Gasteiger partial charge in [0.05, 0.1) is 26.4 Å². The zero-order valence-electron chi connectivity index (χ0n) is 62.9. The van der Waals surface area contributed by atoms with Crippen molar-refractivity contribution in [3.8, 4) is 0 Å². The van der Waals surface area contributed by atoms with E-state index in [1.807, 2.05) is 0 Å². The maximum absolute atomic E-state index is 13.1. The maximum Gasteiger partial charge on any atom is 0.472 e. The molecule has 4 unspecified atom stereocenters. The number of hydrogen-bond acceptors (Lipinski definition) is 15. The Bertz CT molecular complexity index is 1970. The van der Waals surface area contributed by atoms with E-state index in [0.29, 0.717) is 25.7 Å². The molecule has 19 heteroatoms. The first-order valence-electron chi connectivity index (χ1n) is 39.9. The monoisotopic (exact) mass is 1420 g/mol. The number of phosphoric acid groups is 2. The standard InChI is InChI=1S/C78H148O17P2/c1-7-11-13-15-17-19-21-23-25-26-27-28-29-31-33-35-37-42-50-56-62-77(82)94-73(66-88-75(80)60-54-48-41-36-34-32-30-24-22-20-18-16-14-12-8-2)68-92-96(84,85)90-64-72(79)65-91-97(86,87)93-69-74(67-89-76(81)61-55-49-45-44-47-53-59-71(6)10-4)95-78(83)63-57-51-43-39-38-40-46-52-58-70(5)9-3/h20,22,24,30,70-74,79H,7-19,21,23,25-29,31-69H2,1-6H3,(H,84,85)(H,86,87)/b22-20-,30-24-/t70?,71?,72-,73-,74-/m1/s1. The molecule has 0 aliphatic heterocycles. The highest BCUT2D eigenvalue weighted by Gasteiger charge is 2.30. The Labute approximate surface area is 592 Å². The lowest BCUT2D eigenvalue weighted by molar-refractivity contribution is -0.161. The van der Waals surface area contributed by atoms with Gasteiger partial charge < -0.3 is 33.8 Å². The summed E-state index contributed by atoms with van der Waals surface area (Å²) in [6.07, 6.45) is 60.6. The van der Waals surface area contributed by atoms with Crippen molar-refractivity contribution in [3.63, 3.8) is 0 Å². The molecular weight excluding hydrogens is 1270 g/mol. The summed E-state index contributed by atoms with van der Waals surface area (Å²) < 4.78 is 68.5. The molecular formula is C78H148O17P2. The molecule has 0 aromatic rings. The number of ether oxygens (including phenoxy) is 4. The minimum Gasteiger partial charge on any atom is -0.462 e. The number of hydrogen-bond donors (Lipinski definition) is 3. The molecule has 0 rings (SSSR count). The molecule has 0 spiro atoms. The van der Waals surface area contributed by atoms with E-state index in [1.165, 1.54) is 173 Å². The molecule has 0 heterocycles. The molecule has 7 atom stereocenters. The first kappa shape index (κ1) is 94.5. The zero-order valence-corrected chi connectivity index (χ0v) is 64.7. The van der Waals surface area contributed by atoms with Crippen LogP contribution >= 0.6 is 15.6 Å². The summed E-state index contributed by atoms with van der Waals surface area (Å²) in [6.45, 7) is 9.49. The molecule has 0 saturated carbocycles. The van der Waals surface area contributed by atoms with Gasteiger partial charge in [-0.15, -0.1) is 0 Å². The summed E-state index contributed by atoms with van der Waals surface area (Å²) in [7, 11) is -9.93. The van der Waals surface area contributed by atoms with Crippen LogP contribution in [0.1, 0.15) is 382 Å². The third kappa shape index (κ3) is 69.1. The third-order valence-corrected chi connectivity index (χ3v) is 20.2. The predicted molar refractivity (Wildman–Crippen MR) is 395 cm³/mol. The van der Waals surface area contributed by atoms with Crippen LogP contribution in [-0.4, -0.2) is 96.7 Å². The van der Waals surface area contributed by atoms with Crippen molar-refractivity contribution in [2.24, 2.45) is 11.8 Å². The Hall–Kier alpha value is -2.46. The summed E-state index contributed by atoms with van der Waals surface area (Å²) in [4.78, 5) is 72.8. The molecule has 0 bridgehead atoms. The van der Waals surface area contributed by atoms with Gasteiger partial charge in [0, 0.05) is 25.7 Å². The number of phosphoric ester groups is 2. The fourth-order valence-electron chi connectivity index (χ4n) is 11.4. The van der Waals surface area contributed by atoms with Crippen LogP contribution in [0, 0.1) is 11.8 Å². The van der Waals surface area contributed by atoms with Crippen molar-refractivity contribution in [1.29, 1.82) is 0 Å². The van der Waals surface area contributed by atoms with Gasteiger partial charge in [0.1, 0.15) is 19.3 Å². The van der Waals surface area contributed by atoms with Gasteiger partial charge in [0.15, 0.2) is 12.2 Å². The highest BCUT2D eigenvalue weighted by atomic mass is 31.2. The van der Waals surface area contributed by atoms with Crippen LogP contribution < -0.4 is 0 Å². The number of esters is 4. The van der Waals surface area contributed by atoms with Crippen molar-refractivity contribution >= 4 is 39.5 Å².